The van der Waals surface area contributed by atoms with E-state index in [0.29, 0.717) is 0 Å². The molecule has 2 heterocycles. The summed E-state index contributed by atoms with van der Waals surface area (Å²) in [4.78, 5) is 8.43. The Morgan fingerprint density at radius 3 is 2.79 bits per heavy atom. The first-order valence-electron chi connectivity index (χ1n) is 4.19. The lowest BCUT2D eigenvalue weighted by Gasteiger charge is -1.99. The monoisotopic (exact) mass is 301 g/mol. The predicted molar refractivity (Wildman–Crippen MR) is 60.0 cm³/mol. The number of imidazole rings is 1. The summed E-state index contributed by atoms with van der Waals surface area (Å²) in [5.41, 5.74) is 1.14. The largest absolute Gasteiger partial charge is 0.404 e. The second kappa shape index (κ2) is 3.64. The van der Waals surface area contributed by atoms with Gasteiger partial charge in [-0.05, 0) is 29.5 Å². The maximum absolute atomic E-state index is 4.36. The van der Waals surface area contributed by atoms with Crippen LogP contribution in [0, 0.1) is 10.6 Å². The number of nitrogens with zero attached hydrogens (tertiary/aromatic N) is 4. The van der Waals surface area contributed by atoms with E-state index in [2.05, 4.69) is 32.6 Å². The van der Waals surface area contributed by atoms with Crippen LogP contribution in [0.5, 0.6) is 0 Å². The number of rotatable bonds is 1. The van der Waals surface area contributed by atoms with Crippen molar-refractivity contribution < 1.29 is 4.57 Å². The molecule has 0 saturated carbocycles. The fourth-order valence-electron chi connectivity index (χ4n) is 1.31. The van der Waals surface area contributed by atoms with Crippen LogP contribution in [0.25, 0.3) is 5.95 Å². The minimum Gasteiger partial charge on any atom is -0.237 e. The van der Waals surface area contributed by atoms with Gasteiger partial charge in [-0.25, -0.2) is 9.55 Å². The van der Waals surface area contributed by atoms with Crippen molar-refractivity contribution in [1.29, 1.82) is 0 Å². The molecule has 72 valence electrons. The van der Waals surface area contributed by atoms with Gasteiger partial charge in [0.25, 0.3) is 0 Å². The molecular formula is C9H10IN4+. The van der Waals surface area contributed by atoms with Crippen LogP contribution in [-0.4, -0.2) is 14.5 Å². The second-order valence-corrected chi connectivity index (χ2v) is 4.23. The van der Waals surface area contributed by atoms with E-state index in [1.165, 1.54) is 0 Å². The van der Waals surface area contributed by atoms with Crippen LogP contribution in [0.1, 0.15) is 5.56 Å². The van der Waals surface area contributed by atoms with Gasteiger partial charge in [0.2, 0.25) is 0 Å². The molecule has 0 unspecified atom stereocenters. The maximum atomic E-state index is 4.36. The average Bonchev–Trinajstić information content (AvgIpc) is 2.52. The van der Waals surface area contributed by atoms with Gasteiger partial charge >= 0.3 is 5.95 Å². The topological polar surface area (TPSA) is 34.6 Å². The summed E-state index contributed by atoms with van der Waals surface area (Å²) in [6, 6.07) is 0. The molecule has 0 N–H and O–H groups in total. The SMILES string of the molecule is Cc1cnc(-n2cncc2I)[n+](C)c1. The third-order valence-corrected chi connectivity index (χ3v) is 2.70. The van der Waals surface area contributed by atoms with E-state index < -0.39 is 0 Å². The van der Waals surface area contributed by atoms with Crippen molar-refractivity contribution in [3.8, 4) is 5.95 Å². The summed E-state index contributed by atoms with van der Waals surface area (Å²) in [6.07, 6.45) is 7.46. The highest BCUT2D eigenvalue weighted by Gasteiger charge is 2.14. The van der Waals surface area contributed by atoms with Gasteiger partial charge in [-0.2, -0.15) is 4.57 Å². The average molecular weight is 301 g/mol. The first-order chi connectivity index (χ1) is 6.68. The molecule has 0 fully saturated rings. The van der Waals surface area contributed by atoms with Crippen LogP contribution in [0.3, 0.4) is 0 Å². The lowest BCUT2D eigenvalue weighted by molar-refractivity contribution is -0.669. The highest BCUT2D eigenvalue weighted by molar-refractivity contribution is 14.1. The Bertz CT molecular complexity index is 464. The Balaban J connectivity index is 2.58. The number of hydrogen-bond acceptors (Lipinski definition) is 2. The van der Waals surface area contributed by atoms with Gasteiger partial charge in [-0.1, -0.05) is 4.98 Å². The Morgan fingerprint density at radius 1 is 1.43 bits per heavy atom. The highest BCUT2D eigenvalue weighted by atomic mass is 127. The summed E-state index contributed by atoms with van der Waals surface area (Å²) in [6.45, 7) is 2.02. The molecule has 2 aromatic heterocycles. The van der Waals surface area contributed by atoms with Gasteiger partial charge in [-0.15, -0.1) is 0 Å². The normalized spacial score (nSPS) is 10.5. The molecule has 0 amide bonds. The Labute approximate surface area is 95.8 Å². The van der Waals surface area contributed by atoms with E-state index in [9.17, 15) is 0 Å². The molecule has 2 rings (SSSR count). The zero-order valence-corrected chi connectivity index (χ0v) is 10.1. The molecule has 0 bridgehead atoms. The van der Waals surface area contributed by atoms with Crippen molar-refractivity contribution in [1.82, 2.24) is 14.5 Å². The lowest BCUT2D eigenvalue weighted by atomic mass is 10.4. The van der Waals surface area contributed by atoms with Gasteiger partial charge in [-0.3, -0.25) is 0 Å². The number of halogens is 1. The number of aryl methyl sites for hydroxylation is 2. The predicted octanol–water partition coefficient (Wildman–Crippen LogP) is 1.00. The van der Waals surface area contributed by atoms with E-state index in [1.807, 2.05) is 41.7 Å². The van der Waals surface area contributed by atoms with Crippen LogP contribution in [-0.2, 0) is 7.05 Å². The fourth-order valence-corrected chi connectivity index (χ4v) is 1.81. The van der Waals surface area contributed by atoms with Crippen molar-refractivity contribution in [3.05, 3.63) is 34.2 Å². The van der Waals surface area contributed by atoms with E-state index in [1.54, 1.807) is 6.33 Å². The van der Waals surface area contributed by atoms with Crippen molar-refractivity contribution in [3.63, 3.8) is 0 Å². The Kier molecular flexibility index (Phi) is 2.49. The molecule has 0 aliphatic heterocycles. The molecule has 5 heteroatoms. The summed E-state index contributed by atoms with van der Waals surface area (Å²) in [5, 5.41) is 0. The first kappa shape index (κ1) is 9.57. The smallest absolute Gasteiger partial charge is 0.237 e. The first-order valence-corrected chi connectivity index (χ1v) is 5.27. The van der Waals surface area contributed by atoms with Crippen molar-refractivity contribution in [2.75, 3.05) is 0 Å². The third kappa shape index (κ3) is 1.63. The van der Waals surface area contributed by atoms with Gasteiger partial charge < -0.3 is 0 Å². The summed E-state index contributed by atoms with van der Waals surface area (Å²) in [7, 11) is 1.98. The summed E-state index contributed by atoms with van der Waals surface area (Å²) < 4.78 is 4.98. The molecule has 0 radical (unpaired) electrons. The van der Waals surface area contributed by atoms with Crippen LogP contribution < -0.4 is 4.57 Å². The molecule has 2 aromatic rings. The quantitative estimate of drug-likeness (QED) is 0.582. The van der Waals surface area contributed by atoms with Gasteiger partial charge in [0.05, 0.1) is 19.4 Å². The lowest BCUT2D eigenvalue weighted by Crippen LogP contribution is -2.35. The van der Waals surface area contributed by atoms with Gasteiger partial charge in [0.1, 0.15) is 6.20 Å². The van der Waals surface area contributed by atoms with Gasteiger partial charge in [0.15, 0.2) is 10.0 Å². The maximum Gasteiger partial charge on any atom is 0.404 e. The highest BCUT2D eigenvalue weighted by Crippen LogP contribution is 2.07. The Morgan fingerprint density at radius 2 is 2.21 bits per heavy atom. The molecular weight excluding hydrogens is 291 g/mol. The standard InChI is InChI=1S/C9H10IN4/c1-7-3-12-9(13(2)5-7)14-6-11-4-8(14)10/h3-6H,1-2H3/q+1. The van der Waals surface area contributed by atoms with Crippen LogP contribution >= 0.6 is 22.6 Å². The molecule has 0 atom stereocenters. The van der Waals surface area contributed by atoms with Gasteiger partial charge in [0, 0.05) is 5.56 Å². The summed E-state index contributed by atoms with van der Waals surface area (Å²) in [5.74, 6) is 0.873. The van der Waals surface area contributed by atoms with Crippen LogP contribution in [0.2, 0.25) is 0 Å². The van der Waals surface area contributed by atoms with E-state index in [0.717, 1.165) is 15.2 Å². The Hall–Kier alpha value is -0.980. The molecule has 0 saturated heterocycles. The van der Waals surface area contributed by atoms with E-state index in [-0.39, 0.29) is 0 Å². The van der Waals surface area contributed by atoms with Crippen molar-refractivity contribution in [2.45, 2.75) is 6.92 Å². The van der Waals surface area contributed by atoms with Crippen LogP contribution in [0.15, 0.2) is 24.9 Å². The van der Waals surface area contributed by atoms with Crippen LogP contribution in [0.4, 0.5) is 0 Å². The van der Waals surface area contributed by atoms with E-state index >= 15 is 0 Å². The fraction of sp³-hybridized carbons (Fsp3) is 0.222. The number of aromatic nitrogens is 4. The molecule has 0 aliphatic carbocycles. The zero-order valence-electron chi connectivity index (χ0n) is 7.98. The number of hydrogen-bond donors (Lipinski definition) is 0. The summed E-state index contributed by atoms with van der Waals surface area (Å²) >= 11 is 2.23. The second-order valence-electron chi connectivity index (χ2n) is 3.13. The molecule has 4 nitrogen and oxygen atoms in total. The molecule has 14 heavy (non-hydrogen) atoms. The van der Waals surface area contributed by atoms with Crippen molar-refractivity contribution in [2.24, 2.45) is 7.05 Å². The minimum atomic E-state index is 0.873. The third-order valence-electron chi connectivity index (χ3n) is 1.91. The zero-order chi connectivity index (χ0) is 10.1. The molecule has 0 aromatic carbocycles. The van der Waals surface area contributed by atoms with Crippen molar-refractivity contribution >= 4 is 22.6 Å². The molecule has 0 aliphatic rings. The molecule has 0 spiro atoms. The minimum absolute atomic E-state index is 0.873. The van der Waals surface area contributed by atoms with E-state index in [4.69, 9.17) is 0 Å².